The first-order valence-corrected chi connectivity index (χ1v) is 8.89. The van der Waals surface area contributed by atoms with Gasteiger partial charge in [0.15, 0.2) is 12.1 Å². The topological polar surface area (TPSA) is 87.7 Å². The van der Waals surface area contributed by atoms with E-state index in [2.05, 4.69) is 5.32 Å². The van der Waals surface area contributed by atoms with Gasteiger partial charge in [0, 0.05) is 12.0 Å². The molecule has 118 valence electrons. The standard InChI is InChI=1S/C14H23N2O3PS/c1-3-4-5-13(15)20(17,18)14(21)16-10-11-6-8-12(19-2)9-7-11/h6-9,17-18H,3-5,10,15H2,1-2H3,(H,16,21). The molecule has 0 unspecified atom stereocenters. The van der Waals surface area contributed by atoms with Crippen molar-refractivity contribution < 1.29 is 14.5 Å². The van der Waals surface area contributed by atoms with Crippen molar-refractivity contribution in [2.24, 2.45) is 5.73 Å². The first-order chi connectivity index (χ1) is 9.91. The number of ether oxygens (including phenoxy) is 1. The van der Waals surface area contributed by atoms with E-state index < -0.39 is 7.34 Å². The smallest absolute Gasteiger partial charge is 0.189 e. The Kier molecular flexibility index (Phi) is 7.35. The summed E-state index contributed by atoms with van der Waals surface area (Å²) in [5.74, 6) is 0.768. The normalized spacial score (nSPS) is 11.1. The number of hydrogen-bond acceptors (Lipinski definition) is 4. The summed E-state index contributed by atoms with van der Waals surface area (Å²) in [7, 11) is -1.91. The van der Waals surface area contributed by atoms with E-state index in [-0.39, 0.29) is 10.1 Å². The molecule has 0 heterocycles. The van der Waals surface area contributed by atoms with Crippen LogP contribution in [0.25, 0.3) is 0 Å². The molecule has 0 saturated carbocycles. The van der Waals surface area contributed by atoms with Crippen LogP contribution in [0, 0.1) is 0 Å². The van der Waals surface area contributed by atoms with Crippen LogP contribution in [-0.4, -0.2) is 27.0 Å². The van der Waals surface area contributed by atoms with Crippen LogP contribution in [0.5, 0.6) is 5.75 Å². The van der Waals surface area contributed by atoms with Crippen molar-refractivity contribution >= 4 is 29.7 Å². The van der Waals surface area contributed by atoms with Gasteiger partial charge in [-0.3, -0.25) is 0 Å². The first kappa shape index (κ1) is 18.1. The Morgan fingerprint density at radius 3 is 2.48 bits per heavy atom. The molecule has 7 heteroatoms. The second-order valence-corrected chi connectivity index (χ2v) is 7.64. The van der Waals surface area contributed by atoms with Gasteiger partial charge in [0.25, 0.3) is 0 Å². The third kappa shape index (κ3) is 5.41. The number of unbranched alkanes of at least 4 members (excludes halogenated alkanes) is 1. The molecule has 1 aromatic carbocycles. The molecule has 0 fully saturated rings. The number of nitrogens with two attached hydrogens (primary N) is 1. The lowest BCUT2D eigenvalue weighted by atomic mass is 10.2. The molecule has 0 spiro atoms. The fourth-order valence-corrected chi connectivity index (χ4v) is 3.13. The van der Waals surface area contributed by atoms with Gasteiger partial charge < -0.3 is 25.6 Å². The largest absolute Gasteiger partial charge is 0.497 e. The number of methoxy groups -OCH3 is 1. The first-order valence-electron chi connectivity index (χ1n) is 6.79. The van der Waals surface area contributed by atoms with Crippen molar-refractivity contribution in [1.82, 2.24) is 5.32 Å². The molecule has 1 aromatic rings. The zero-order valence-electron chi connectivity index (χ0n) is 12.4. The predicted octanol–water partition coefficient (Wildman–Crippen LogP) is 2.18. The number of benzene rings is 1. The van der Waals surface area contributed by atoms with E-state index in [4.69, 9.17) is 22.7 Å². The predicted molar refractivity (Wildman–Crippen MR) is 92.5 cm³/mol. The van der Waals surface area contributed by atoms with Gasteiger partial charge in [-0.1, -0.05) is 37.7 Å². The summed E-state index contributed by atoms with van der Waals surface area (Å²) < 4.78 is 5.10. The van der Waals surface area contributed by atoms with Crippen LogP contribution in [0.3, 0.4) is 0 Å². The Balaban J connectivity index is 2.66. The quantitative estimate of drug-likeness (QED) is 0.453. The lowest BCUT2D eigenvalue weighted by molar-refractivity contribution is 0.414. The van der Waals surface area contributed by atoms with E-state index in [0.29, 0.717) is 13.0 Å². The van der Waals surface area contributed by atoms with Gasteiger partial charge in [-0.15, -0.1) is 0 Å². The summed E-state index contributed by atoms with van der Waals surface area (Å²) in [5, 5.41) is 2.87. The molecule has 1 rings (SSSR count). The highest BCUT2D eigenvalue weighted by molar-refractivity contribution is 8.01. The Bertz CT molecular complexity index is 526. The third-order valence-corrected chi connectivity index (χ3v) is 5.73. The van der Waals surface area contributed by atoms with Crippen LogP contribution in [0.2, 0.25) is 0 Å². The molecule has 0 aliphatic heterocycles. The molecule has 0 atom stereocenters. The molecule has 0 amide bonds. The van der Waals surface area contributed by atoms with Gasteiger partial charge in [0.1, 0.15) is 5.75 Å². The maximum atomic E-state index is 10.1. The van der Waals surface area contributed by atoms with Crippen molar-refractivity contribution in [3.63, 3.8) is 0 Å². The Labute approximate surface area is 131 Å². The van der Waals surface area contributed by atoms with E-state index in [1.807, 2.05) is 31.2 Å². The second-order valence-electron chi connectivity index (χ2n) is 4.70. The minimum absolute atomic E-state index is 0.0203. The molecule has 0 aromatic heterocycles. The van der Waals surface area contributed by atoms with Crippen molar-refractivity contribution in [3.05, 3.63) is 29.8 Å². The number of hydrogen-bond donors (Lipinski definition) is 4. The highest BCUT2D eigenvalue weighted by atomic mass is 32.1. The molecule has 0 radical (unpaired) electrons. The van der Waals surface area contributed by atoms with E-state index in [9.17, 15) is 9.79 Å². The van der Waals surface area contributed by atoms with Crippen LogP contribution in [-0.2, 0) is 6.54 Å². The number of nitrogens with one attached hydrogen (secondary N) is 1. The summed E-state index contributed by atoms with van der Waals surface area (Å²) in [4.78, 5) is 20.2. The number of rotatable bonds is 7. The summed E-state index contributed by atoms with van der Waals surface area (Å²) >= 11 is 5.08. The molecule has 5 N–H and O–H groups in total. The van der Waals surface area contributed by atoms with Crippen LogP contribution in [0.4, 0.5) is 0 Å². The highest BCUT2D eigenvalue weighted by Crippen LogP contribution is 2.40. The third-order valence-electron chi connectivity index (χ3n) is 3.07. The van der Waals surface area contributed by atoms with E-state index in [0.717, 1.165) is 24.2 Å². The molecule has 0 aliphatic rings. The van der Waals surface area contributed by atoms with Crippen molar-refractivity contribution in [1.29, 1.82) is 0 Å². The zero-order chi connectivity index (χ0) is 15.9. The fraction of sp³-hybridized carbons (Fsp3) is 0.429. The maximum absolute atomic E-state index is 10.1. The maximum Gasteiger partial charge on any atom is 0.189 e. The average molecular weight is 330 g/mol. The van der Waals surface area contributed by atoms with E-state index in [1.54, 1.807) is 7.11 Å². The molecular formula is C14H23N2O3PS. The van der Waals surface area contributed by atoms with Crippen LogP contribution in [0.1, 0.15) is 31.7 Å². The highest BCUT2D eigenvalue weighted by Gasteiger charge is 2.20. The van der Waals surface area contributed by atoms with Gasteiger partial charge in [0.05, 0.1) is 7.11 Å². The average Bonchev–Trinajstić information content (AvgIpc) is 2.50. The van der Waals surface area contributed by atoms with Gasteiger partial charge >= 0.3 is 0 Å². The van der Waals surface area contributed by atoms with E-state index >= 15 is 0 Å². The monoisotopic (exact) mass is 330 g/mol. The van der Waals surface area contributed by atoms with Crippen LogP contribution >= 0.6 is 19.6 Å². The minimum Gasteiger partial charge on any atom is -0.497 e. The van der Waals surface area contributed by atoms with Crippen LogP contribution in [0.15, 0.2) is 24.3 Å². The Morgan fingerprint density at radius 2 is 1.95 bits per heavy atom. The van der Waals surface area contributed by atoms with Crippen LogP contribution < -0.4 is 15.8 Å². The second kappa shape index (κ2) is 8.51. The molecule has 0 saturated heterocycles. The zero-order valence-corrected chi connectivity index (χ0v) is 14.1. The summed E-state index contributed by atoms with van der Waals surface area (Å²) in [6.07, 6.45) is 2.23. The van der Waals surface area contributed by atoms with Gasteiger partial charge in [-0.2, -0.15) is 0 Å². The van der Waals surface area contributed by atoms with Gasteiger partial charge in [-0.05, 0) is 30.5 Å². The minimum atomic E-state index is -3.52. The fourth-order valence-electron chi connectivity index (χ4n) is 1.68. The summed E-state index contributed by atoms with van der Waals surface area (Å²) in [5.41, 5.74) is 6.91. The van der Waals surface area contributed by atoms with E-state index in [1.165, 1.54) is 0 Å². The number of thiocarbonyl (C=S) groups is 1. The summed E-state index contributed by atoms with van der Waals surface area (Å²) in [6.45, 7) is 2.43. The molecule has 5 nitrogen and oxygen atoms in total. The molecule has 0 bridgehead atoms. The lowest BCUT2D eigenvalue weighted by Gasteiger charge is -2.19. The lowest BCUT2D eigenvalue weighted by Crippen LogP contribution is -2.26. The Hall–Kier alpha value is -0.910. The van der Waals surface area contributed by atoms with Crippen molar-refractivity contribution in [3.8, 4) is 5.75 Å². The molecule has 0 aliphatic carbocycles. The van der Waals surface area contributed by atoms with Crippen molar-refractivity contribution in [2.45, 2.75) is 32.7 Å². The Morgan fingerprint density at radius 1 is 1.33 bits per heavy atom. The van der Waals surface area contributed by atoms with Gasteiger partial charge in [-0.25, -0.2) is 0 Å². The summed E-state index contributed by atoms with van der Waals surface area (Å²) in [6, 6.07) is 7.44. The van der Waals surface area contributed by atoms with Gasteiger partial charge in [0.2, 0.25) is 0 Å². The molecular weight excluding hydrogens is 307 g/mol. The van der Waals surface area contributed by atoms with Crippen molar-refractivity contribution in [2.75, 3.05) is 7.11 Å². The molecule has 21 heavy (non-hydrogen) atoms. The SMILES string of the molecule is CCCCC(N)=P(O)(O)C(=S)NCc1ccc(OC)cc1.